The van der Waals surface area contributed by atoms with E-state index in [0.29, 0.717) is 37.1 Å². The summed E-state index contributed by atoms with van der Waals surface area (Å²) in [5.74, 6) is -10.5. The Balaban J connectivity index is 2.35. The molecule has 0 saturated heterocycles. The number of guanidine groups is 1. The molecule has 0 unspecified atom stereocenters. The maximum Gasteiger partial charge on any atom is 0.322 e. The number of rotatable bonds is 33. The smallest absolute Gasteiger partial charge is 0.322 e. The zero-order valence-electron chi connectivity index (χ0n) is 40.4. The van der Waals surface area contributed by atoms with Gasteiger partial charge in [-0.05, 0) is 69.2 Å². The molecule has 20 N–H and O–H groups in total. The number of imidazole rings is 1. The summed E-state index contributed by atoms with van der Waals surface area (Å²) in [7, 11) is 0. The van der Waals surface area contributed by atoms with E-state index in [1.165, 1.54) is 43.7 Å². The van der Waals surface area contributed by atoms with Crippen molar-refractivity contribution in [1.82, 2.24) is 52.5 Å². The molecular weight excluding hydrogens is 947 g/mol. The van der Waals surface area contributed by atoms with Crippen molar-refractivity contribution in [2.45, 2.75) is 121 Å². The maximum atomic E-state index is 14.0. The number of nitrogens with one attached hydrogen (secondary N) is 9. The molecule has 2 rings (SSSR count). The van der Waals surface area contributed by atoms with Gasteiger partial charge in [-0.3, -0.25) is 52.9 Å². The Bertz CT molecular complexity index is 2170. The van der Waals surface area contributed by atoms with Gasteiger partial charge in [-0.1, -0.05) is 32.4 Å². The lowest BCUT2D eigenvalue weighted by Gasteiger charge is -2.27. The number of phenolic OH excluding ortho intramolecular Hbond substituents is 1. The number of hydrogen-bond donors (Lipinski definition) is 16. The van der Waals surface area contributed by atoms with E-state index >= 15 is 0 Å². The first-order valence-electron chi connectivity index (χ1n) is 23.1. The van der Waals surface area contributed by atoms with Gasteiger partial charge in [0.05, 0.1) is 18.9 Å². The molecule has 8 amide bonds. The number of amides is 8. The Morgan fingerprint density at radius 2 is 1.24 bits per heavy atom. The lowest BCUT2D eigenvalue weighted by molar-refractivity contribution is -0.139. The summed E-state index contributed by atoms with van der Waals surface area (Å²) < 4.78 is 0. The molecule has 0 aliphatic rings. The second-order valence-electron chi connectivity index (χ2n) is 17.0. The molecule has 398 valence electrons. The number of benzene rings is 1. The first-order chi connectivity index (χ1) is 34.0. The summed E-state index contributed by atoms with van der Waals surface area (Å²) >= 11 is 0. The monoisotopic (exact) mass is 1020 g/mol. The zero-order valence-corrected chi connectivity index (χ0v) is 40.4. The van der Waals surface area contributed by atoms with Crippen molar-refractivity contribution in [3.8, 4) is 5.75 Å². The Morgan fingerprint density at radius 1 is 0.653 bits per heavy atom. The van der Waals surface area contributed by atoms with Gasteiger partial charge in [0.1, 0.15) is 48.5 Å². The van der Waals surface area contributed by atoms with Crippen LogP contribution in [-0.2, 0) is 60.8 Å². The molecule has 0 bridgehead atoms. The van der Waals surface area contributed by atoms with E-state index < -0.39 is 133 Å². The van der Waals surface area contributed by atoms with E-state index in [-0.39, 0.29) is 43.9 Å². The standard InChI is InChI=1S/C44H69N15O13/c1-23(2)36(43(72)52-21-35(64)65)59-40(69)29(8-6-16-50-44(47)48)57-39(68)30(13-14-34(62)63)56-37(66)24(3)54-41(70)31(17-25-9-11-27(60)12-10-25)58-42(71)32(18-26-19-49-22-53-26)55-33(61)20-51-38(67)28(46)7-4-5-15-45/h9-12,19,22-24,28-32,36,60H,4-8,13-18,20-21,45-46H2,1-3H3,(H,49,53)(H,51,67)(H,52,72)(H,54,70)(H,55,61)(H,56,66)(H,57,68)(H,58,71)(H,59,69)(H,62,63)(H,64,65)(H4,47,48,50)/t24-,28-,29-,30-,31-,32-,36-/m0/s1. The van der Waals surface area contributed by atoms with Crippen LogP contribution in [0.3, 0.4) is 0 Å². The molecule has 28 heteroatoms. The fourth-order valence-corrected chi connectivity index (χ4v) is 6.68. The van der Waals surface area contributed by atoms with Crippen molar-refractivity contribution in [3.63, 3.8) is 0 Å². The highest BCUT2D eigenvalue weighted by Crippen LogP contribution is 2.13. The number of carboxylic acid groups (broad SMARTS) is 2. The molecule has 2 aromatic rings. The molecule has 0 radical (unpaired) electrons. The molecule has 1 aromatic carbocycles. The third-order valence-electron chi connectivity index (χ3n) is 10.6. The van der Waals surface area contributed by atoms with Crippen LogP contribution in [-0.4, -0.2) is 159 Å². The minimum Gasteiger partial charge on any atom is -0.508 e. The molecule has 0 aliphatic carbocycles. The highest BCUT2D eigenvalue weighted by molar-refractivity contribution is 5.98. The van der Waals surface area contributed by atoms with Crippen molar-refractivity contribution >= 4 is 65.2 Å². The van der Waals surface area contributed by atoms with Gasteiger partial charge >= 0.3 is 11.9 Å². The highest BCUT2D eigenvalue weighted by Gasteiger charge is 2.34. The van der Waals surface area contributed by atoms with Crippen molar-refractivity contribution in [3.05, 3.63) is 48.0 Å². The summed E-state index contributed by atoms with van der Waals surface area (Å²) in [6.45, 7) is 3.53. The second-order valence-corrected chi connectivity index (χ2v) is 17.0. The Morgan fingerprint density at radius 3 is 1.83 bits per heavy atom. The van der Waals surface area contributed by atoms with Crippen molar-refractivity contribution in [2.24, 2.45) is 33.8 Å². The van der Waals surface area contributed by atoms with Gasteiger partial charge in [-0.15, -0.1) is 0 Å². The van der Waals surface area contributed by atoms with Gasteiger partial charge < -0.3 is 85.8 Å². The number of carbonyl (C=O) groups excluding carboxylic acids is 8. The molecule has 0 spiro atoms. The van der Waals surface area contributed by atoms with Gasteiger partial charge in [0.2, 0.25) is 47.3 Å². The van der Waals surface area contributed by atoms with Crippen molar-refractivity contribution < 1.29 is 63.3 Å². The topological polar surface area (TPSA) is 473 Å². The summed E-state index contributed by atoms with van der Waals surface area (Å²) in [6, 6.07) is -3.90. The van der Waals surface area contributed by atoms with E-state index in [0.717, 1.165) is 0 Å². The van der Waals surface area contributed by atoms with Crippen LogP contribution in [0.2, 0.25) is 0 Å². The van der Waals surface area contributed by atoms with Gasteiger partial charge in [0, 0.05) is 37.7 Å². The largest absolute Gasteiger partial charge is 0.508 e. The van der Waals surface area contributed by atoms with Gasteiger partial charge in [0.15, 0.2) is 5.96 Å². The normalized spacial score (nSPS) is 13.8. The van der Waals surface area contributed by atoms with E-state index in [1.54, 1.807) is 13.8 Å². The van der Waals surface area contributed by atoms with E-state index in [9.17, 15) is 58.2 Å². The Kier molecular flexibility index (Phi) is 26.2. The molecule has 1 heterocycles. The van der Waals surface area contributed by atoms with Crippen LogP contribution in [0.1, 0.15) is 77.0 Å². The average Bonchev–Trinajstić information content (AvgIpc) is 3.84. The Labute approximate surface area is 414 Å². The number of carboxylic acids is 2. The van der Waals surface area contributed by atoms with Crippen molar-refractivity contribution in [1.29, 1.82) is 0 Å². The van der Waals surface area contributed by atoms with Crippen LogP contribution in [0.15, 0.2) is 41.8 Å². The fourth-order valence-electron chi connectivity index (χ4n) is 6.68. The van der Waals surface area contributed by atoms with Crippen LogP contribution in [0.25, 0.3) is 0 Å². The lowest BCUT2D eigenvalue weighted by Crippen LogP contribution is -2.60. The number of aliphatic imine (C=N–C) groups is 1. The summed E-state index contributed by atoms with van der Waals surface area (Å²) in [5.41, 5.74) is 23.1. The predicted molar refractivity (Wildman–Crippen MR) is 258 cm³/mol. The lowest BCUT2D eigenvalue weighted by atomic mass is 10.0. The molecule has 0 saturated carbocycles. The number of H-pyrrole nitrogens is 1. The maximum absolute atomic E-state index is 14.0. The SMILES string of the molecule is CC(C)[C@H](NC(=O)[C@H](CCCN=C(N)N)NC(=O)[C@H](CCC(=O)O)NC(=O)[C@H](C)NC(=O)[C@H](Cc1ccc(O)cc1)NC(=O)[C@H](Cc1cnc[nH]1)NC(=O)CNC(=O)[C@@H](N)CCCCN)C(=O)NCC(=O)O. The first kappa shape index (κ1) is 60.2. The number of unbranched alkanes of at least 4 members (excludes halogenated alkanes) is 1. The number of hydrogen-bond acceptors (Lipinski definition) is 15. The molecule has 0 fully saturated rings. The summed E-state index contributed by atoms with van der Waals surface area (Å²) in [6.07, 6.45) is 2.75. The second kappa shape index (κ2) is 31.4. The summed E-state index contributed by atoms with van der Waals surface area (Å²) in [5, 5.41) is 48.0. The number of aromatic nitrogens is 2. The third-order valence-corrected chi connectivity index (χ3v) is 10.6. The number of aliphatic carboxylic acids is 2. The fraction of sp³-hybridized carbons (Fsp3) is 0.545. The predicted octanol–water partition coefficient (Wildman–Crippen LogP) is -4.82. The number of aromatic hydroxyl groups is 1. The van der Waals surface area contributed by atoms with E-state index in [1.807, 2.05) is 0 Å². The molecular formula is C44H69N15O13. The quantitative estimate of drug-likeness (QED) is 0.0181. The van der Waals surface area contributed by atoms with Crippen molar-refractivity contribution in [2.75, 3.05) is 26.2 Å². The van der Waals surface area contributed by atoms with Crippen LogP contribution in [0.5, 0.6) is 5.75 Å². The molecule has 0 aliphatic heterocycles. The highest BCUT2D eigenvalue weighted by atomic mass is 16.4. The third kappa shape index (κ3) is 23.2. The number of nitrogens with zero attached hydrogens (tertiary/aromatic N) is 2. The molecule has 1 aromatic heterocycles. The average molecular weight is 1020 g/mol. The minimum atomic E-state index is -1.63. The van der Waals surface area contributed by atoms with Gasteiger partial charge in [-0.2, -0.15) is 0 Å². The first-order valence-corrected chi connectivity index (χ1v) is 23.1. The number of aromatic amines is 1. The van der Waals surface area contributed by atoms with Gasteiger partial charge in [0.25, 0.3) is 0 Å². The Hall–Kier alpha value is -7.88. The van der Waals surface area contributed by atoms with Crippen LogP contribution >= 0.6 is 0 Å². The van der Waals surface area contributed by atoms with E-state index in [4.69, 9.17) is 28.0 Å². The molecule has 72 heavy (non-hydrogen) atoms. The number of phenols is 1. The zero-order chi connectivity index (χ0) is 53.9. The van der Waals surface area contributed by atoms with Crippen LogP contribution in [0, 0.1) is 5.92 Å². The molecule has 28 nitrogen and oxygen atoms in total. The van der Waals surface area contributed by atoms with Crippen LogP contribution in [0.4, 0.5) is 0 Å². The van der Waals surface area contributed by atoms with E-state index in [2.05, 4.69) is 57.5 Å². The van der Waals surface area contributed by atoms with Gasteiger partial charge in [-0.25, -0.2) is 4.98 Å². The van der Waals surface area contributed by atoms with Crippen LogP contribution < -0.4 is 65.5 Å². The minimum absolute atomic E-state index is 0.00455. The number of carbonyl (C=O) groups is 10. The number of nitrogens with two attached hydrogens (primary N) is 4. The summed E-state index contributed by atoms with van der Waals surface area (Å²) in [4.78, 5) is 141. The molecule has 7 atom stereocenters.